The highest BCUT2D eigenvalue weighted by Gasteiger charge is 2.47. The van der Waals surface area contributed by atoms with Gasteiger partial charge in [-0.05, 0) is 19.3 Å². The topological polar surface area (TPSA) is 52.6 Å². The first kappa shape index (κ1) is 11.9. The summed E-state index contributed by atoms with van der Waals surface area (Å²) in [5, 5.41) is 12.8. The number of amides is 1. The molecule has 0 aromatic heterocycles. The third-order valence-corrected chi connectivity index (χ3v) is 4.20. The molecule has 2 aliphatic rings. The molecule has 1 amide bonds. The smallest absolute Gasteiger partial charge is 0.236 e. The van der Waals surface area contributed by atoms with Crippen LogP contribution in [0.2, 0.25) is 0 Å². The van der Waals surface area contributed by atoms with Crippen LogP contribution in [0.15, 0.2) is 0 Å². The first-order chi connectivity index (χ1) is 7.43. The van der Waals surface area contributed by atoms with Crippen LogP contribution in [-0.4, -0.2) is 47.7 Å². The van der Waals surface area contributed by atoms with Crippen LogP contribution < -0.4 is 5.32 Å². The van der Waals surface area contributed by atoms with E-state index in [0.717, 1.165) is 19.3 Å². The predicted molar refractivity (Wildman–Crippen MR) is 62.0 cm³/mol. The van der Waals surface area contributed by atoms with Crippen molar-refractivity contribution in [3.8, 4) is 0 Å². The number of aliphatic hydroxyl groups excluding tert-OH is 1. The molecule has 2 N–H and O–H groups in total. The van der Waals surface area contributed by atoms with Crippen LogP contribution in [0.3, 0.4) is 0 Å². The molecule has 2 rings (SSSR count). The highest BCUT2D eigenvalue weighted by molar-refractivity contribution is 5.78. The highest BCUT2D eigenvalue weighted by Crippen LogP contribution is 2.40. The fraction of sp³-hybridized carbons (Fsp3) is 0.917. The number of hydrogen-bond acceptors (Lipinski definition) is 3. The van der Waals surface area contributed by atoms with Crippen molar-refractivity contribution in [1.82, 2.24) is 10.2 Å². The van der Waals surface area contributed by atoms with Crippen molar-refractivity contribution in [1.29, 1.82) is 0 Å². The van der Waals surface area contributed by atoms with Crippen LogP contribution >= 0.6 is 0 Å². The zero-order chi connectivity index (χ0) is 11.9. The molecule has 2 atom stereocenters. The van der Waals surface area contributed by atoms with E-state index in [4.69, 9.17) is 0 Å². The van der Waals surface area contributed by atoms with E-state index >= 15 is 0 Å². The second kappa shape index (κ2) is 4.00. The van der Waals surface area contributed by atoms with E-state index in [9.17, 15) is 9.90 Å². The molecule has 2 unspecified atom stereocenters. The highest BCUT2D eigenvalue weighted by atomic mass is 16.3. The Labute approximate surface area is 97.0 Å². The lowest BCUT2D eigenvalue weighted by molar-refractivity contribution is -0.131. The minimum absolute atomic E-state index is 0.0988. The molecule has 0 radical (unpaired) electrons. The molecule has 2 fully saturated rings. The summed E-state index contributed by atoms with van der Waals surface area (Å²) >= 11 is 0. The number of rotatable bonds is 4. The molecule has 92 valence electrons. The normalized spacial score (nSPS) is 32.0. The average Bonchev–Trinajstić information content (AvgIpc) is 3.06. The van der Waals surface area contributed by atoms with E-state index < -0.39 is 0 Å². The number of likely N-dealkylation sites (N-methyl/N-ethyl adjacent to an activating group) is 1. The van der Waals surface area contributed by atoms with Crippen molar-refractivity contribution in [2.45, 2.75) is 51.3 Å². The van der Waals surface area contributed by atoms with Gasteiger partial charge >= 0.3 is 0 Å². The zero-order valence-corrected chi connectivity index (χ0v) is 10.4. The summed E-state index contributed by atoms with van der Waals surface area (Å²) < 4.78 is 0. The van der Waals surface area contributed by atoms with E-state index in [-0.39, 0.29) is 23.5 Å². The molecule has 4 nitrogen and oxygen atoms in total. The quantitative estimate of drug-likeness (QED) is 0.727. The zero-order valence-electron chi connectivity index (χ0n) is 10.4. The largest absolute Gasteiger partial charge is 0.392 e. The Balaban J connectivity index is 1.73. The molecule has 0 saturated heterocycles. The van der Waals surface area contributed by atoms with Gasteiger partial charge in [0.15, 0.2) is 0 Å². The molecule has 0 aliphatic heterocycles. The summed E-state index contributed by atoms with van der Waals surface area (Å²) in [5.74, 6) is 0.166. The van der Waals surface area contributed by atoms with Gasteiger partial charge in [-0.3, -0.25) is 4.79 Å². The second-order valence-corrected chi connectivity index (χ2v) is 5.74. The molecule has 0 spiro atoms. The summed E-state index contributed by atoms with van der Waals surface area (Å²) in [4.78, 5) is 13.6. The molecule has 2 aliphatic carbocycles. The maximum atomic E-state index is 11.8. The van der Waals surface area contributed by atoms with Crippen LogP contribution in [0.4, 0.5) is 0 Å². The van der Waals surface area contributed by atoms with Gasteiger partial charge < -0.3 is 15.3 Å². The lowest BCUT2D eigenvalue weighted by Gasteiger charge is -2.49. The Kier molecular flexibility index (Phi) is 2.97. The van der Waals surface area contributed by atoms with Gasteiger partial charge in [0.05, 0.1) is 12.6 Å². The van der Waals surface area contributed by atoms with Gasteiger partial charge in [-0.2, -0.15) is 0 Å². The molecular weight excluding hydrogens is 204 g/mol. The van der Waals surface area contributed by atoms with Gasteiger partial charge in [-0.15, -0.1) is 0 Å². The first-order valence-electron chi connectivity index (χ1n) is 6.10. The van der Waals surface area contributed by atoms with Gasteiger partial charge in [0.1, 0.15) is 0 Å². The third kappa shape index (κ3) is 2.09. The van der Waals surface area contributed by atoms with Crippen molar-refractivity contribution in [3.05, 3.63) is 0 Å². The van der Waals surface area contributed by atoms with Crippen LogP contribution in [0.1, 0.15) is 33.1 Å². The van der Waals surface area contributed by atoms with E-state index in [2.05, 4.69) is 5.32 Å². The SMILES string of the molecule is CN(C(=O)CNC1CC(O)C1(C)C)C1CC1. The van der Waals surface area contributed by atoms with Crippen molar-refractivity contribution in [2.75, 3.05) is 13.6 Å². The fourth-order valence-corrected chi connectivity index (χ4v) is 2.25. The summed E-state index contributed by atoms with van der Waals surface area (Å²) in [6, 6.07) is 0.744. The van der Waals surface area contributed by atoms with E-state index in [1.807, 2.05) is 25.8 Å². The molecule has 0 aromatic carbocycles. The number of nitrogens with zero attached hydrogens (tertiary/aromatic N) is 1. The predicted octanol–water partition coefficient (Wildman–Crippen LogP) is 0.356. The lowest BCUT2D eigenvalue weighted by Crippen LogP contribution is -2.61. The lowest BCUT2D eigenvalue weighted by atomic mass is 9.64. The fourth-order valence-electron chi connectivity index (χ4n) is 2.25. The molecular formula is C12H22N2O2. The average molecular weight is 226 g/mol. The van der Waals surface area contributed by atoms with Crippen LogP contribution in [0.5, 0.6) is 0 Å². The van der Waals surface area contributed by atoms with Crippen molar-refractivity contribution in [2.24, 2.45) is 5.41 Å². The van der Waals surface area contributed by atoms with Crippen LogP contribution in [0, 0.1) is 5.41 Å². The van der Waals surface area contributed by atoms with Gasteiger partial charge in [-0.1, -0.05) is 13.8 Å². The van der Waals surface area contributed by atoms with Crippen molar-refractivity contribution >= 4 is 5.91 Å². The van der Waals surface area contributed by atoms with E-state index in [1.54, 1.807) is 0 Å². The number of nitrogens with one attached hydrogen (secondary N) is 1. The first-order valence-corrected chi connectivity index (χ1v) is 6.10. The Bertz CT molecular complexity index is 287. The third-order valence-electron chi connectivity index (χ3n) is 4.20. The minimum Gasteiger partial charge on any atom is -0.392 e. The van der Waals surface area contributed by atoms with E-state index in [0.29, 0.717) is 12.6 Å². The van der Waals surface area contributed by atoms with Crippen molar-refractivity contribution in [3.63, 3.8) is 0 Å². The Morgan fingerprint density at radius 2 is 2.12 bits per heavy atom. The standard InChI is InChI=1S/C12H22N2O2/c1-12(2)9(6-10(12)15)13-7-11(16)14(3)8-4-5-8/h8-10,13,15H,4-7H2,1-3H3. The van der Waals surface area contributed by atoms with Gasteiger partial charge in [0.25, 0.3) is 0 Å². The van der Waals surface area contributed by atoms with Gasteiger partial charge in [0.2, 0.25) is 5.91 Å². The van der Waals surface area contributed by atoms with Gasteiger partial charge in [0, 0.05) is 24.5 Å². The number of carbonyl (C=O) groups excluding carboxylic acids is 1. The Morgan fingerprint density at radius 1 is 1.50 bits per heavy atom. The Morgan fingerprint density at radius 3 is 2.56 bits per heavy atom. The maximum absolute atomic E-state index is 11.8. The van der Waals surface area contributed by atoms with E-state index in [1.165, 1.54) is 0 Å². The van der Waals surface area contributed by atoms with Gasteiger partial charge in [-0.25, -0.2) is 0 Å². The molecule has 0 bridgehead atoms. The number of hydrogen-bond donors (Lipinski definition) is 2. The molecule has 2 saturated carbocycles. The van der Waals surface area contributed by atoms with Crippen LogP contribution in [0.25, 0.3) is 0 Å². The number of carbonyl (C=O) groups is 1. The molecule has 4 heteroatoms. The summed E-state index contributed by atoms with van der Waals surface area (Å²) in [6.45, 7) is 4.47. The second-order valence-electron chi connectivity index (χ2n) is 5.74. The molecule has 16 heavy (non-hydrogen) atoms. The van der Waals surface area contributed by atoms with Crippen molar-refractivity contribution < 1.29 is 9.90 Å². The monoisotopic (exact) mass is 226 g/mol. The minimum atomic E-state index is -0.235. The summed E-state index contributed by atoms with van der Waals surface area (Å²) in [6.07, 6.45) is 2.82. The summed E-state index contributed by atoms with van der Waals surface area (Å²) in [7, 11) is 1.88. The Hall–Kier alpha value is -0.610. The molecule has 0 aromatic rings. The molecule has 0 heterocycles. The maximum Gasteiger partial charge on any atom is 0.236 e. The van der Waals surface area contributed by atoms with Crippen LogP contribution in [-0.2, 0) is 4.79 Å². The number of aliphatic hydroxyl groups is 1. The summed E-state index contributed by atoms with van der Waals surface area (Å²) in [5.41, 5.74) is -0.0988.